The van der Waals surface area contributed by atoms with E-state index in [2.05, 4.69) is 6.92 Å². The minimum absolute atomic E-state index is 0.237. The molecule has 0 N–H and O–H groups in total. The van der Waals surface area contributed by atoms with Gasteiger partial charge in [0.1, 0.15) is 0 Å². The molecule has 1 aromatic carbocycles. The van der Waals surface area contributed by atoms with Gasteiger partial charge in [-0.3, -0.25) is 4.18 Å². The Balaban J connectivity index is 2.22. The van der Waals surface area contributed by atoms with Crippen LogP contribution in [0.2, 0.25) is 0 Å². The quantitative estimate of drug-likeness (QED) is 0.483. The van der Waals surface area contributed by atoms with Crippen molar-refractivity contribution in [3.05, 3.63) is 29.8 Å². The van der Waals surface area contributed by atoms with Crippen molar-refractivity contribution in [3.63, 3.8) is 0 Å². The van der Waals surface area contributed by atoms with E-state index in [-0.39, 0.29) is 11.5 Å². The Labute approximate surface area is 127 Å². The Bertz CT molecular complexity index is 466. The molecule has 0 saturated carbocycles. The molecule has 0 saturated heterocycles. The van der Waals surface area contributed by atoms with Crippen LogP contribution < -0.4 is 0 Å². The number of aryl methyl sites for hydroxylation is 1. The molecule has 114 valence electrons. The van der Waals surface area contributed by atoms with Crippen LogP contribution in [0, 0.1) is 6.92 Å². The van der Waals surface area contributed by atoms with Crippen molar-refractivity contribution in [2.75, 3.05) is 18.1 Å². The number of rotatable bonds is 10. The molecule has 0 radical (unpaired) electrons. The van der Waals surface area contributed by atoms with Crippen LogP contribution in [-0.2, 0) is 14.3 Å². The zero-order valence-electron chi connectivity index (χ0n) is 12.3. The summed E-state index contributed by atoms with van der Waals surface area (Å²) in [6.07, 6.45) is 4.26. The summed E-state index contributed by atoms with van der Waals surface area (Å²) < 4.78 is 28.8. The van der Waals surface area contributed by atoms with Crippen LogP contribution in [0.5, 0.6) is 0 Å². The van der Waals surface area contributed by atoms with Gasteiger partial charge in [0.2, 0.25) is 0 Å². The highest BCUT2D eigenvalue weighted by Crippen LogP contribution is 2.14. The molecular formula is C15H24O3S2. The molecule has 1 aromatic rings. The summed E-state index contributed by atoms with van der Waals surface area (Å²) >= 11 is 1.93. The summed E-state index contributed by atoms with van der Waals surface area (Å²) in [7, 11) is -3.59. The second-order valence-corrected chi connectivity index (χ2v) is 7.60. The Morgan fingerprint density at radius 2 is 1.70 bits per heavy atom. The minimum atomic E-state index is -3.59. The van der Waals surface area contributed by atoms with Gasteiger partial charge in [0.25, 0.3) is 10.1 Å². The van der Waals surface area contributed by atoms with Gasteiger partial charge in [-0.1, -0.05) is 31.0 Å². The van der Waals surface area contributed by atoms with Crippen molar-refractivity contribution in [1.82, 2.24) is 0 Å². The van der Waals surface area contributed by atoms with Crippen molar-refractivity contribution in [1.29, 1.82) is 0 Å². The maximum Gasteiger partial charge on any atom is 0.296 e. The Morgan fingerprint density at radius 1 is 1.05 bits per heavy atom. The van der Waals surface area contributed by atoms with Crippen LogP contribution in [0.4, 0.5) is 0 Å². The maximum atomic E-state index is 11.9. The molecule has 0 unspecified atom stereocenters. The van der Waals surface area contributed by atoms with Crippen molar-refractivity contribution in [2.24, 2.45) is 0 Å². The fourth-order valence-electron chi connectivity index (χ4n) is 1.60. The van der Waals surface area contributed by atoms with Gasteiger partial charge in [0, 0.05) is 0 Å². The lowest BCUT2D eigenvalue weighted by atomic mass is 10.2. The predicted molar refractivity (Wildman–Crippen MR) is 85.8 cm³/mol. The molecule has 3 nitrogen and oxygen atoms in total. The molecule has 0 spiro atoms. The SMILES string of the molecule is CCCCSCCCCOS(=O)(=O)c1ccc(C)cc1. The van der Waals surface area contributed by atoms with Crippen LogP contribution in [0.15, 0.2) is 29.2 Å². The topological polar surface area (TPSA) is 43.4 Å². The standard InChI is InChI=1S/C15H24O3S2/c1-3-4-12-19-13-6-5-11-18-20(16,17)15-9-7-14(2)8-10-15/h7-10H,3-6,11-13H2,1-2H3. The predicted octanol–water partition coefficient (Wildman–Crippen LogP) is 4.01. The minimum Gasteiger partial charge on any atom is -0.266 e. The first-order valence-corrected chi connectivity index (χ1v) is 9.66. The van der Waals surface area contributed by atoms with E-state index in [0.717, 1.165) is 24.2 Å². The van der Waals surface area contributed by atoms with Crippen molar-refractivity contribution >= 4 is 21.9 Å². The highest BCUT2D eigenvalue weighted by molar-refractivity contribution is 7.99. The number of thioether (sulfide) groups is 1. The first-order chi connectivity index (χ1) is 9.56. The van der Waals surface area contributed by atoms with Crippen LogP contribution in [0.25, 0.3) is 0 Å². The zero-order chi connectivity index (χ0) is 14.8. The molecule has 0 heterocycles. The lowest BCUT2D eigenvalue weighted by molar-refractivity contribution is 0.311. The maximum absolute atomic E-state index is 11.9. The number of benzene rings is 1. The fourth-order valence-corrected chi connectivity index (χ4v) is 3.64. The largest absolute Gasteiger partial charge is 0.296 e. The monoisotopic (exact) mass is 316 g/mol. The van der Waals surface area contributed by atoms with E-state index in [0.29, 0.717) is 0 Å². The van der Waals surface area contributed by atoms with Gasteiger partial charge in [-0.25, -0.2) is 0 Å². The van der Waals surface area contributed by atoms with Crippen LogP contribution in [-0.4, -0.2) is 26.5 Å². The van der Waals surface area contributed by atoms with E-state index in [1.54, 1.807) is 24.3 Å². The van der Waals surface area contributed by atoms with E-state index in [9.17, 15) is 8.42 Å². The molecule has 0 amide bonds. The van der Waals surface area contributed by atoms with E-state index >= 15 is 0 Å². The molecule has 20 heavy (non-hydrogen) atoms. The average Bonchev–Trinajstić information content (AvgIpc) is 2.42. The van der Waals surface area contributed by atoms with Crippen molar-refractivity contribution in [2.45, 2.75) is 44.4 Å². The van der Waals surface area contributed by atoms with Crippen LogP contribution in [0.3, 0.4) is 0 Å². The van der Waals surface area contributed by atoms with Crippen LogP contribution in [0.1, 0.15) is 38.2 Å². The molecule has 0 aliphatic carbocycles. The molecule has 0 bridgehead atoms. The average molecular weight is 316 g/mol. The molecule has 5 heteroatoms. The third kappa shape index (κ3) is 6.77. The molecule has 0 atom stereocenters. The van der Waals surface area contributed by atoms with Gasteiger partial charge < -0.3 is 0 Å². The van der Waals surface area contributed by atoms with E-state index in [4.69, 9.17) is 4.18 Å². The Kier molecular flexibility index (Phi) is 8.26. The first-order valence-electron chi connectivity index (χ1n) is 7.10. The molecule has 0 aliphatic rings. The van der Waals surface area contributed by atoms with Crippen LogP contribution >= 0.6 is 11.8 Å². The number of unbranched alkanes of at least 4 members (excludes halogenated alkanes) is 2. The van der Waals surface area contributed by atoms with Gasteiger partial charge in [0.15, 0.2) is 0 Å². The lowest BCUT2D eigenvalue weighted by Crippen LogP contribution is -2.07. The number of hydrogen-bond acceptors (Lipinski definition) is 4. The molecule has 0 aliphatic heterocycles. The fraction of sp³-hybridized carbons (Fsp3) is 0.600. The highest BCUT2D eigenvalue weighted by atomic mass is 32.2. The van der Waals surface area contributed by atoms with E-state index < -0.39 is 10.1 Å². The highest BCUT2D eigenvalue weighted by Gasteiger charge is 2.14. The summed E-state index contributed by atoms with van der Waals surface area (Å²) in [6, 6.07) is 6.73. The Hall–Kier alpha value is -0.520. The van der Waals surface area contributed by atoms with Gasteiger partial charge in [-0.05, 0) is 49.8 Å². The molecule has 1 rings (SSSR count). The summed E-state index contributed by atoms with van der Waals surface area (Å²) in [4.78, 5) is 0.237. The Morgan fingerprint density at radius 3 is 2.35 bits per heavy atom. The van der Waals surface area contributed by atoms with E-state index in [1.807, 2.05) is 18.7 Å². The van der Waals surface area contributed by atoms with E-state index in [1.165, 1.54) is 18.6 Å². The third-order valence-electron chi connectivity index (χ3n) is 2.87. The molecule has 0 fully saturated rings. The second-order valence-electron chi connectivity index (χ2n) is 4.76. The molecule has 0 aromatic heterocycles. The van der Waals surface area contributed by atoms with Crippen molar-refractivity contribution < 1.29 is 12.6 Å². The molecular weight excluding hydrogens is 292 g/mol. The van der Waals surface area contributed by atoms with Gasteiger partial charge in [-0.15, -0.1) is 0 Å². The summed E-state index contributed by atoms with van der Waals surface area (Å²) in [5.41, 5.74) is 1.04. The van der Waals surface area contributed by atoms with Gasteiger partial charge >= 0.3 is 0 Å². The van der Waals surface area contributed by atoms with Gasteiger partial charge in [0.05, 0.1) is 11.5 Å². The normalized spacial score (nSPS) is 11.7. The second kappa shape index (κ2) is 9.42. The number of hydrogen-bond donors (Lipinski definition) is 0. The summed E-state index contributed by atoms with van der Waals surface area (Å²) in [6.45, 7) is 4.38. The smallest absolute Gasteiger partial charge is 0.266 e. The third-order valence-corrected chi connectivity index (χ3v) is 5.35. The lowest BCUT2D eigenvalue weighted by Gasteiger charge is -2.06. The first kappa shape index (κ1) is 17.5. The zero-order valence-corrected chi connectivity index (χ0v) is 13.9. The summed E-state index contributed by atoms with van der Waals surface area (Å²) in [5, 5.41) is 0. The summed E-state index contributed by atoms with van der Waals surface area (Å²) in [5.74, 6) is 2.27. The van der Waals surface area contributed by atoms with Crippen molar-refractivity contribution in [3.8, 4) is 0 Å². The van der Waals surface area contributed by atoms with Gasteiger partial charge in [-0.2, -0.15) is 20.2 Å².